The fraction of sp³-hybridized carbons (Fsp3) is 0.286. The van der Waals surface area contributed by atoms with Crippen LogP contribution in [0.4, 0.5) is 10.8 Å². The van der Waals surface area contributed by atoms with E-state index in [0.29, 0.717) is 5.56 Å². The minimum absolute atomic E-state index is 0.676. The van der Waals surface area contributed by atoms with E-state index in [0.717, 1.165) is 41.5 Å². The van der Waals surface area contributed by atoms with Crippen LogP contribution in [0.2, 0.25) is 0 Å². The number of piperazine rings is 1. The summed E-state index contributed by atoms with van der Waals surface area (Å²) in [6, 6.07) is 8.08. The van der Waals surface area contributed by atoms with Gasteiger partial charge in [-0.05, 0) is 34.1 Å². The smallest absolute Gasteiger partial charge is 0.185 e. The molecule has 1 fully saturated rings. The molecule has 102 valence electrons. The second kappa shape index (κ2) is 5.81. The second-order valence-corrected chi connectivity index (χ2v) is 6.29. The van der Waals surface area contributed by atoms with Crippen LogP contribution in [-0.2, 0) is 0 Å². The third kappa shape index (κ3) is 2.65. The molecule has 0 N–H and O–H groups in total. The number of halogens is 1. The quantitative estimate of drug-likeness (QED) is 0.836. The minimum Gasteiger partial charge on any atom is -0.368 e. The second-order valence-electron chi connectivity index (χ2n) is 4.56. The van der Waals surface area contributed by atoms with E-state index in [9.17, 15) is 0 Å². The van der Waals surface area contributed by atoms with Gasteiger partial charge in [-0.3, -0.25) is 0 Å². The van der Waals surface area contributed by atoms with E-state index in [4.69, 9.17) is 5.26 Å². The Bertz CT molecular complexity index is 627. The molecule has 2 aromatic rings. The van der Waals surface area contributed by atoms with Gasteiger partial charge in [0.05, 0.1) is 5.56 Å². The van der Waals surface area contributed by atoms with Crippen molar-refractivity contribution in [3.05, 3.63) is 39.8 Å². The SMILES string of the molecule is N#Cc1ccc(N2CCN(c3nccs3)CC2)cc1Br. The first-order valence-corrected chi connectivity index (χ1v) is 8.04. The molecule has 0 atom stereocenters. The molecule has 0 radical (unpaired) electrons. The summed E-state index contributed by atoms with van der Waals surface area (Å²) in [6.07, 6.45) is 1.85. The molecule has 0 bridgehead atoms. The molecule has 0 unspecified atom stereocenters. The summed E-state index contributed by atoms with van der Waals surface area (Å²) in [5, 5.41) is 12.1. The van der Waals surface area contributed by atoms with E-state index < -0.39 is 0 Å². The largest absolute Gasteiger partial charge is 0.368 e. The number of nitriles is 1. The Labute approximate surface area is 130 Å². The lowest BCUT2D eigenvalue weighted by Gasteiger charge is -2.36. The van der Waals surface area contributed by atoms with Gasteiger partial charge in [-0.1, -0.05) is 0 Å². The summed E-state index contributed by atoms with van der Waals surface area (Å²) in [7, 11) is 0. The van der Waals surface area contributed by atoms with Crippen LogP contribution in [0.1, 0.15) is 5.56 Å². The summed E-state index contributed by atoms with van der Waals surface area (Å²) < 4.78 is 0.861. The first-order chi connectivity index (χ1) is 9.78. The molecular weight excluding hydrogens is 336 g/mol. The number of thiazole rings is 1. The lowest BCUT2D eigenvalue weighted by molar-refractivity contribution is 0.652. The highest BCUT2D eigenvalue weighted by Gasteiger charge is 2.19. The van der Waals surface area contributed by atoms with Crippen LogP contribution in [0.15, 0.2) is 34.2 Å². The number of anilines is 2. The van der Waals surface area contributed by atoms with Crippen LogP contribution in [0.5, 0.6) is 0 Å². The van der Waals surface area contributed by atoms with Crippen molar-refractivity contribution in [1.82, 2.24) is 4.98 Å². The fourth-order valence-corrected chi connectivity index (χ4v) is 3.47. The topological polar surface area (TPSA) is 43.2 Å². The van der Waals surface area contributed by atoms with Crippen LogP contribution >= 0.6 is 27.3 Å². The maximum Gasteiger partial charge on any atom is 0.185 e. The van der Waals surface area contributed by atoms with Gasteiger partial charge in [0.25, 0.3) is 0 Å². The van der Waals surface area contributed by atoms with Crippen molar-refractivity contribution in [2.45, 2.75) is 0 Å². The molecule has 0 aliphatic carbocycles. The van der Waals surface area contributed by atoms with Gasteiger partial charge in [-0.15, -0.1) is 11.3 Å². The molecule has 0 amide bonds. The summed E-state index contributed by atoms with van der Waals surface area (Å²) in [6.45, 7) is 3.89. The Hall–Kier alpha value is -1.58. The number of benzene rings is 1. The summed E-state index contributed by atoms with van der Waals surface area (Å²) >= 11 is 5.14. The Morgan fingerprint density at radius 1 is 1.20 bits per heavy atom. The molecule has 0 spiro atoms. The molecule has 20 heavy (non-hydrogen) atoms. The van der Waals surface area contributed by atoms with Crippen molar-refractivity contribution < 1.29 is 0 Å². The van der Waals surface area contributed by atoms with Crippen molar-refractivity contribution in [3.63, 3.8) is 0 Å². The lowest BCUT2D eigenvalue weighted by Crippen LogP contribution is -2.46. The molecule has 6 heteroatoms. The van der Waals surface area contributed by atoms with Crippen LogP contribution in [0.3, 0.4) is 0 Å². The number of hydrogen-bond donors (Lipinski definition) is 0. The van der Waals surface area contributed by atoms with E-state index in [-0.39, 0.29) is 0 Å². The van der Waals surface area contributed by atoms with Crippen molar-refractivity contribution >= 4 is 38.1 Å². The van der Waals surface area contributed by atoms with Gasteiger partial charge < -0.3 is 9.80 Å². The average Bonchev–Trinajstić information content (AvgIpc) is 3.01. The van der Waals surface area contributed by atoms with Gasteiger partial charge in [0, 0.05) is 47.9 Å². The standard InChI is InChI=1S/C14H13BrN4S/c15-13-9-12(2-1-11(13)10-16)18-4-6-19(7-5-18)14-17-3-8-20-14/h1-3,8-9H,4-7H2. The van der Waals surface area contributed by atoms with E-state index >= 15 is 0 Å². The molecule has 1 aliphatic heterocycles. The Balaban J connectivity index is 1.69. The van der Waals surface area contributed by atoms with E-state index in [2.05, 4.69) is 36.8 Å². The Morgan fingerprint density at radius 3 is 2.55 bits per heavy atom. The van der Waals surface area contributed by atoms with Crippen molar-refractivity contribution in [2.75, 3.05) is 36.0 Å². The van der Waals surface area contributed by atoms with Crippen LogP contribution < -0.4 is 9.80 Å². The minimum atomic E-state index is 0.676. The van der Waals surface area contributed by atoms with Crippen LogP contribution in [0.25, 0.3) is 0 Å². The summed E-state index contributed by atoms with van der Waals surface area (Å²) in [5.74, 6) is 0. The molecule has 1 aromatic heterocycles. The maximum atomic E-state index is 8.95. The molecular formula is C14H13BrN4S. The molecule has 4 nitrogen and oxygen atoms in total. The van der Waals surface area contributed by atoms with Gasteiger partial charge in [0.15, 0.2) is 5.13 Å². The molecule has 0 saturated carbocycles. The highest BCUT2D eigenvalue weighted by Crippen LogP contribution is 2.26. The van der Waals surface area contributed by atoms with Gasteiger partial charge >= 0.3 is 0 Å². The highest BCUT2D eigenvalue weighted by atomic mass is 79.9. The molecule has 1 aromatic carbocycles. The molecule has 3 rings (SSSR count). The Morgan fingerprint density at radius 2 is 1.95 bits per heavy atom. The third-order valence-electron chi connectivity index (χ3n) is 3.41. The van der Waals surface area contributed by atoms with Crippen LogP contribution in [0, 0.1) is 11.3 Å². The predicted molar refractivity (Wildman–Crippen MR) is 85.4 cm³/mol. The zero-order valence-corrected chi connectivity index (χ0v) is 13.2. The van der Waals surface area contributed by atoms with E-state index in [1.165, 1.54) is 0 Å². The number of hydrogen-bond acceptors (Lipinski definition) is 5. The zero-order valence-electron chi connectivity index (χ0n) is 10.8. The molecule has 1 aliphatic rings. The van der Waals surface area contributed by atoms with Crippen molar-refractivity contribution in [1.29, 1.82) is 5.26 Å². The van der Waals surface area contributed by atoms with E-state index in [1.54, 1.807) is 11.3 Å². The molecule has 1 saturated heterocycles. The highest BCUT2D eigenvalue weighted by molar-refractivity contribution is 9.10. The van der Waals surface area contributed by atoms with Crippen molar-refractivity contribution in [3.8, 4) is 6.07 Å². The fourth-order valence-electron chi connectivity index (χ4n) is 2.32. The Kier molecular flexibility index (Phi) is 3.90. The van der Waals surface area contributed by atoms with Gasteiger partial charge in [0.2, 0.25) is 0 Å². The van der Waals surface area contributed by atoms with Gasteiger partial charge in [-0.25, -0.2) is 4.98 Å². The van der Waals surface area contributed by atoms with Crippen LogP contribution in [-0.4, -0.2) is 31.2 Å². The summed E-state index contributed by atoms with van der Waals surface area (Å²) in [5.41, 5.74) is 1.84. The maximum absolute atomic E-state index is 8.95. The first kappa shape index (κ1) is 13.4. The number of rotatable bonds is 2. The summed E-state index contributed by atoms with van der Waals surface area (Å²) in [4.78, 5) is 9.02. The predicted octanol–water partition coefficient (Wildman–Crippen LogP) is 3.10. The molecule has 2 heterocycles. The third-order valence-corrected chi connectivity index (χ3v) is 4.90. The van der Waals surface area contributed by atoms with Gasteiger partial charge in [0.1, 0.15) is 6.07 Å². The number of nitrogens with zero attached hydrogens (tertiary/aromatic N) is 4. The van der Waals surface area contributed by atoms with Crippen molar-refractivity contribution in [2.24, 2.45) is 0 Å². The first-order valence-electron chi connectivity index (χ1n) is 6.37. The van der Waals surface area contributed by atoms with Gasteiger partial charge in [-0.2, -0.15) is 5.26 Å². The monoisotopic (exact) mass is 348 g/mol. The lowest BCUT2D eigenvalue weighted by atomic mass is 10.2. The zero-order chi connectivity index (χ0) is 13.9. The van der Waals surface area contributed by atoms with E-state index in [1.807, 2.05) is 29.8 Å². The normalized spacial score (nSPS) is 15.2. The number of aromatic nitrogens is 1. The average molecular weight is 349 g/mol.